The van der Waals surface area contributed by atoms with Crippen LogP contribution in [-0.2, 0) is 10.2 Å². The average molecular weight is 313 g/mol. The minimum absolute atomic E-state index is 0.0278. The van der Waals surface area contributed by atoms with Gasteiger partial charge in [-0.2, -0.15) is 12.7 Å². The van der Waals surface area contributed by atoms with Crippen molar-refractivity contribution in [2.45, 2.75) is 19.3 Å². The molecule has 7 nitrogen and oxygen atoms in total. The Kier molecular flexibility index (Phi) is 4.38. The Bertz CT molecular complexity index is 639. The minimum atomic E-state index is -3.63. The molecule has 8 heteroatoms. The lowest BCUT2D eigenvalue weighted by atomic mass is 10.2. The predicted molar refractivity (Wildman–Crippen MR) is 80.6 cm³/mol. The zero-order valence-corrected chi connectivity index (χ0v) is 12.6. The third-order valence-electron chi connectivity index (χ3n) is 3.60. The molecule has 3 N–H and O–H groups in total. The van der Waals surface area contributed by atoms with Gasteiger partial charge in [0, 0.05) is 20.1 Å². The monoisotopic (exact) mass is 313 g/mol. The van der Waals surface area contributed by atoms with E-state index in [1.807, 2.05) is 0 Å². The maximum atomic E-state index is 12.5. The molecule has 1 saturated heterocycles. The third-order valence-corrected chi connectivity index (χ3v) is 5.51. The fourth-order valence-electron chi connectivity index (χ4n) is 2.37. The van der Waals surface area contributed by atoms with Crippen LogP contribution in [-0.4, -0.2) is 43.9 Å². The zero-order chi connectivity index (χ0) is 15.6. The Morgan fingerprint density at radius 1 is 1.29 bits per heavy atom. The predicted octanol–water partition coefficient (Wildman–Crippen LogP) is 1.13. The molecule has 0 amide bonds. The van der Waals surface area contributed by atoms with Gasteiger partial charge in [0.15, 0.2) is 0 Å². The van der Waals surface area contributed by atoms with Crippen LogP contribution in [0.5, 0.6) is 0 Å². The van der Waals surface area contributed by atoms with Gasteiger partial charge < -0.3 is 10.8 Å². The normalized spacial score (nSPS) is 16.6. The second-order valence-corrected chi connectivity index (χ2v) is 6.97. The van der Waals surface area contributed by atoms with E-state index >= 15 is 0 Å². The summed E-state index contributed by atoms with van der Waals surface area (Å²) in [6, 6.07) is 4.02. The highest BCUT2D eigenvalue weighted by atomic mass is 32.2. The Hall–Kier alpha value is -1.80. The van der Waals surface area contributed by atoms with E-state index in [1.165, 1.54) is 29.6 Å². The number of nitrogens with two attached hydrogens (primary N) is 1. The molecule has 0 saturated carbocycles. The molecule has 1 fully saturated rings. The molecule has 116 valence electrons. The Morgan fingerprint density at radius 2 is 1.90 bits per heavy atom. The molecule has 0 aliphatic carbocycles. The van der Waals surface area contributed by atoms with Crippen LogP contribution in [0.2, 0.25) is 0 Å². The summed E-state index contributed by atoms with van der Waals surface area (Å²) < 4.78 is 27.6. The zero-order valence-electron chi connectivity index (χ0n) is 11.8. The smallest absolute Gasteiger partial charge is 0.335 e. The second kappa shape index (κ2) is 5.90. The fourth-order valence-corrected chi connectivity index (χ4v) is 3.85. The maximum Gasteiger partial charge on any atom is 0.335 e. The first-order valence-corrected chi connectivity index (χ1v) is 8.10. The molecule has 1 aromatic carbocycles. The number of carboxylic acids is 1. The second-order valence-electron chi connectivity index (χ2n) is 5.01. The van der Waals surface area contributed by atoms with E-state index in [4.69, 9.17) is 10.8 Å². The average Bonchev–Trinajstić information content (AvgIpc) is 2.47. The summed E-state index contributed by atoms with van der Waals surface area (Å²) in [5, 5.41) is 8.91. The molecule has 21 heavy (non-hydrogen) atoms. The largest absolute Gasteiger partial charge is 0.478 e. The number of carbonyl (C=O) groups is 1. The number of piperidine rings is 1. The van der Waals surface area contributed by atoms with E-state index in [0.717, 1.165) is 23.6 Å². The summed E-state index contributed by atoms with van der Waals surface area (Å²) in [5.41, 5.74) is 6.23. The summed E-state index contributed by atoms with van der Waals surface area (Å²) in [5.74, 6) is -1.10. The van der Waals surface area contributed by atoms with Gasteiger partial charge in [-0.15, -0.1) is 0 Å². The molecule has 1 heterocycles. The van der Waals surface area contributed by atoms with Crippen LogP contribution in [0.4, 0.5) is 11.4 Å². The van der Waals surface area contributed by atoms with Crippen LogP contribution >= 0.6 is 0 Å². The number of anilines is 2. The molecule has 0 atom stereocenters. The molecule has 1 aromatic rings. The van der Waals surface area contributed by atoms with Crippen LogP contribution in [0.1, 0.15) is 29.6 Å². The van der Waals surface area contributed by atoms with Gasteiger partial charge in [0.1, 0.15) is 0 Å². The lowest BCUT2D eigenvalue weighted by Gasteiger charge is -2.31. The molecule has 1 aliphatic rings. The molecule has 1 aliphatic heterocycles. The molecule has 0 aromatic heterocycles. The highest BCUT2D eigenvalue weighted by Crippen LogP contribution is 2.27. The van der Waals surface area contributed by atoms with E-state index in [1.54, 1.807) is 0 Å². The van der Waals surface area contributed by atoms with Gasteiger partial charge >= 0.3 is 16.2 Å². The van der Waals surface area contributed by atoms with Crippen molar-refractivity contribution in [1.29, 1.82) is 0 Å². The van der Waals surface area contributed by atoms with E-state index in [9.17, 15) is 13.2 Å². The van der Waals surface area contributed by atoms with Crippen LogP contribution < -0.4 is 10.0 Å². The van der Waals surface area contributed by atoms with Gasteiger partial charge in [0.25, 0.3) is 0 Å². The summed E-state index contributed by atoms with van der Waals surface area (Å²) in [6.45, 7) is 1.000. The van der Waals surface area contributed by atoms with Crippen LogP contribution in [0.25, 0.3) is 0 Å². The van der Waals surface area contributed by atoms with Gasteiger partial charge in [0.2, 0.25) is 0 Å². The molecule has 2 rings (SSSR count). The van der Waals surface area contributed by atoms with Crippen molar-refractivity contribution >= 4 is 27.6 Å². The van der Waals surface area contributed by atoms with E-state index < -0.39 is 16.2 Å². The SMILES string of the molecule is CN(c1ccc(C(=O)O)cc1N)S(=O)(=O)N1CCCCC1. The van der Waals surface area contributed by atoms with Gasteiger partial charge in [-0.25, -0.2) is 4.79 Å². The lowest BCUT2D eigenvalue weighted by Crippen LogP contribution is -2.44. The molecular weight excluding hydrogens is 294 g/mol. The fraction of sp³-hybridized carbons (Fsp3) is 0.462. The topological polar surface area (TPSA) is 104 Å². The van der Waals surface area contributed by atoms with Crippen molar-refractivity contribution in [3.8, 4) is 0 Å². The van der Waals surface area contributed by atoms with Gasteiger partial charge in [-0.05, 0) is 31.0 Å². The Morgan fingerprint density at radius 3 is 2.43 bits per heavy atom. The van der Waals surface area contributed by atoms with Crippen LogP contribution in [0.3, 0.4) is 0 Å². The standard InChI is InChI=1S/C13H19N3O4S/c1-15(21(19,20)16-7-3-2-4-8-16)12-6-5-10(13(17)18)9-11(12)14/h5-6,9H,2-4,7-8,14H2,1H3,(H,17,18). The van der Waals surface area contributed by atoms with Crippen molar-refractivity contribution < 1.29 is 18.3 Å². The molecular formula is C13H19N3O4S. The Labute approximate surface area is 124 Å². The maximum absolute atomic E-state index is 12.5. The van der Waals surface area contributed by atoms with Crippen molar-refractivity contribution in [2.75, 3.05) is 30.2 Å². The van der Waals surface area contributed by atoms with Gasteiger partial charge in [-0.3, -0.25) is 4.31 Å². The summed E-state index contributed by atoms with van der Waals surface area (Å²) in [4.78, 5) is 10.9. The van der Waals surface area contributed by atoms with Crippen molar-refractivity contribution in [3.63, 3.8) is 0 Å². The number of carboxylic acid groups (broad SMARTS) is 1. The summed E-state index contributed by atoms with van der Waals surface area (Å²) in [7, 11) is -2.20. The molecule has 0 unspecified atom stereocenters. The quantitative estimate of drug-likeness (QED) is 0.811. The van der Waals surface area contributed by atoms with E-state index in [-0.39, 0.29) is 16.9 Å². The van der Waals surface area contributed by atoms with Gasteiger partial charge in [-0.1, -0.05) is 6.42 Å². The number of benzene rings is 1. The first-order chi connectivity index (χ1) is 9.84. The van der Waals surface area contributed by atoms with Crippen molar-refractivity contribution in [3.05, 3.63) is 23.8 Å². The van der Waals surface area contributed by atoms with Gasteiger partial charge in [0.05, 0.1) is 16.9 Å². The summed E-state index contributed by atoms with van der Waals surface area (Å²) in [6.07, 6.45) is 2.73. The molecule has 0 spiro atoms. The third kappa shape index (κ3) is 3.11. The highest BCUT2D eigenvalue weighted by Gasteiger charge is 2.29. The van der Waals surface area contributed by atoms with Crippen LogP contribution in [0, 0.1) is 0 Å². The van der Waals surface area contributed by atoms with Crippen molar-refractivity contribution in [2.24, 2.45) is 0 Å². The number of nitrogen functional groups attached to an aromatic ring is 1. The Balaban J connectivity index is 2.30. The molecule has 0 bridgehead atoms. The number of rotatable bonds is 4. The first-order valence-electron chi connectivity index (χ1n) is 6.71. The summed E-state index contributed by atoms with van der Waals surface area (Å²) >= 11 is 0. The highest BCUT2D eigenvalue weighted by molar-refractivity contribution is 7.90. The van der Waals surface area contributed by atoms with E-state index in [0.29, 0.717) is 13.1 Å². The minimum Gasteiger partial charge on any atom is -0.478 e. The number of nitrogens with zero attached hydrogens (tertiary/aromatic N) is 2. The van der Waals surface area contributed by atoms with Crippen molar-refractivity contribution in [1.82, 2.24) is 4.31 Å². The lowest BCUT2D eigenvalue weighted by molar-refractivity contribution is 0.0697. The molecule has 0 radical (unpaired) electrons. The number of hydrogen-bond acceptors (Lipinski definition) is 4. The first kappa shape index (κ1) is 15.6. The number of aromatic carboxylic acids is 1. The van der Waals surface area contributed by atoms with Crippen LogP contribution in [0.15, 0.2) is 18.2 Å². The number of hydrogen-bond donors (Lipinski definition) is 2. The van der Waals surface area contributed by atoms with E-state index in [2.05, 4.69) is 0 Å².